The molecule has 0 aliphatic rings. The highest BCUT2D eigenvalue weighted by Crippen LogP contribution is 2.26. The van der Waals surface area contributed by atoms with E-state index in [1.807, 2.05) is 0 Å². The quantitative estimate of drug-likeness (QED) is 0.844. The minimum atomic E-state index is -0.421. The van der Waals surface area contributed by atoms with Gasteiger partial charge in [0.1, 0.15) is 17.3 Å². The smallest absolute Gasteiger partial charge is 0.275 e. The highest BCUT2D eigenvalue weighted by atomic mass is 35.5. The minimum absolute atomic E-state index is 0. The summed E-state index contributed by atoms with van der Waals surface area (Å²) in [6.07, 6.45) is 0.638. The first kappa shape index (κ1) is 18.3. The van der Waals surface area contributed by atoms with Crippen molar-refractivity contribution in [1.82, 2.24) is 4.98 Å². The molecule has 1 amide bonds. The molecule has 0 fully saturated rings. The van der Waals surface area contributed by atoms with Crippen molar-refractivity contribution >= 4 is 35.3 Å². The van der Waals surface area contributed by atoms with Crippen molar-refractivity contribution in [2.24, 2.45) is 5.73 Å². The van der Waals surface area contributed by atoms with E-state index in [2.05, 4.69) is 10.3 Å². The first-order chi connectivity index (χ1) is 10.1. The van der Waals surface area contributed by atoms with Crippen molar-refractivity contribution in [2.45, 2.75) is 13.3 Å². The summed E-state index contributed by atoms with van der Waals surface area (Å²) in [6.45, 7) is 2.65. The van der Waals surface area contributed by atoms with Gasteiger partial charge in [0.05, 0.1) is 17.3 Å². The number of nitrogens with two attached hydrogens (primary N) is 1. The SMILES string of the molecule is CCOc1cc(F)ccc1NC(=O)c1csc(CCN)n1.Cl. The molecule has 0 bridgehead atoms. The van der Waals surface area contributed by atoms with E-state index >= 15 is 0 Å². The van der Waals surface area contributed by atoms with E-state index in [1.54, 1.807) is 12.3 Å². The Morgan fingerprint density at radius 1 is 1.50 bits per heavy atom. The van der Waals surface area contributed by atoms with Crippen LogP contribution in [0.5, 0.6) is 5.75 Å². The number of hydrogen-bond acceptors (Lipinski definition) is 5. The summed E-state index contributed by atoms with van der Waals surface area (Å²) in [5, 5.41) is 5.16. The van der Waals surface area contributed by atoms with Crippen LogP contribution in [0.1, 0.15) is 22.4 Å². The van der Waals surface area contributed by atoms with Gasteiger partial charge >= 0.3 is 0 Å². The van der Waals surface area contributed by atoms with Crippen LogP contribution in [0.25, 0.3) is 0 Å². The summed E-state index contributed by atoms with van der Waals surface area (Å²) in [7, 11) is 0. The Morgan fingerprint density at radius 2 is 2.27 bits per heavy atom. The molecule has 0 aliphatic carbocycles. The summed E-state index contributed by atoms with van der Waals surface area (Å²) >= 11 is 1.39. The molecule has 8 heteroatoms. The Kier molecular flexibility index (Phi) is 7.23. The lowest BCUT2D eigenvalue weighted by molar-refractivity contribution is 0.102. The maximum Gasteiger partial charge on any atom is 0.275 e. The first-order valence-corrected chi connectivity index (χ1v) is 7.40. The van der Waals surface area contributed by atoms with Crippen LogP contribution in [0.3, 0.4) is 0 Å². The fourth-order valence-electron chi connectivity index (χ4n) is 1.71. The number of aromatic nitrogens is 1. The number of amides is 1. The largest absolute Gasteiger partial charge is 0.492 e. The second kappa shape index (κ2) is 8.67. The van der Waals surface area contributed by atoms with E-state index in [1.165, 1.54) is 29.5 Å². The van der Waals surface area contributed by atoms with Crippen LogP contribution >= 0.6 is 23.7 Å². The van der Waals surface area contributed by atoms with E-state index in [-0.39, 0.29) is 18.3 Å². The molecule has 5 nitrogen and oxygen atoms in total. The van der Waals surface area contributed by atoms with Gasteiger partial charge in [-0.05, 0) is 25.6 Å². The molecule has 0 unspecified atom stereocenters. The van der Waals surface area contributed by atoms with Crippen molar-refractivity contribution < 1.29 is 13.9 Å². The van der Waals surface area contributed by atoms with Crippen LogP contribution < -0.4 is 15.8 Å². The monoisotopic (exact) mass is 345 g/mol. The molecule has 0 radical (unpaired) electrons. The van der Waals surface area contributed by atoms with Crippen LogP contribution in [-0.4, -0.2) is 24.0 Å². The van der Waals surface area contributed by atoms with Crippen LogP contribution in [-0.2, 0) is 6.42 Å². The minimum Gasteiger partial charge on any atom is -0.492 e. The van der Waals surface area contributed by atoms with Gasteiger partial charge in [-0.3, -0.25) is 4.79 Å². The standard InChI is InChI=1S/C14H16FN3O2S.ClH/c1-2-20-12-7-9(15)3-4-10(12)18-14(19)11-8-21-13(17-11)5-6-16;/h3-4,7-8H,2,5-6,16H2,1H3,(H,18,19);1H. The van der Waals surface area contributed by atoms with Crippen molar-refractivity contribution in [1.29, 1.82) is 0 Å². The number of anilines is 1. The molecule has 1 aromatic heterocycles. The van der Waals surface area contributed by atoms with Gasteiger partial charge in [0.15, 0.2) is 0 Å². The Labute approximate surface area is 138 Å². The lowest BCUT2D eigenvalue weighted by atomic mass is 10.2. The molecule has 3 N–H and O–H groups in total. The summed E-state index contributed by atoms with van der Waals surface area (Å²) in [5.41, 5.74) is 6.18. The second-order valence-corrected chi connectivity index (χ2v) is 5.14. The average molecular weight is 346 g/mol. The molecule has 0 saturated carbocycles. The van der Waals surface area contributed by atoms with Crippen LogP contribution in [0, 0.1) is 5.82 Å². The molecular formula is C14H17ClFN3O2S. The lowest BCUT2D eigenvalue weighted by Gasteiger charge is -2.10. The zero-order valence-corrected chi connectivity index (χ0v) is 13.6. The number of nitrogens with one attached hydrogen (secondary N) is 1. The molecule has 0 atom stereocenters. The van der Waals surface area contributed by atoms with Gasteiger partial charge in [0, 0.05) is 17.9 Å². The van der Waals surface area contributed by atoms with Crippen LogP contribution in [0.4, 0.5) is 10.1 Å². The number of hydrogen-bond donors (Lipinski definition) is 2. The molecule has 0 aliphatic heterocycles. The Balaban J connectivity index is 0.00000242. The maximum atomic E-state index is 13.2. The molecule has 120 valence electrons. The third kappa shape index (κ3) is 4.66. The van der Waals surface area contributed by atoms with E-state index in [4.69, 9.17) is 10.5 Å². The van der Waals surface area contributed by atoms with E-state index in [0.717, 1.165) is 5.01 Å². The predicted octanol–water partition coefficient (Wildman–Crippen LogP) is 2.86. The summed E-state index contributed by atoms with van der Waals surface area (Å²) in [6, 6.07) is 3.96. The van der Waals surface area contributed by atoms with E-state index < -0.39 is 5.82 Å². The molecule has 2 aromatic rings. The molecule has 2 rings (SSSR count). The molecule has 1 heterocycles. The number of carbonyl (C=O) groups is 1. The highest BCUT2D eigenvalue weighted by molar-refractivity contribution is 7.09. The molecule has 0 saturated heterocycles. The van der Waals surface area contributed by atoms with Crippen LogP contribution in [0.2, 0.25) is 0 Å². The molecule has 0 spiro atoms. The zero-order chi connectivity index (χ0) is 15.2. The van der Waals surface area contributed by atoms with Crippen molar-refractivity contribution in [3.63, 3.8) is 0 Å². The molecule has 1 aromatic carbocycles. The third-order valence-electron chi connectivity index (χ3n) is 2.63. The number of ether oxygens (including phenoxy) is 1. The number of carbonyl (C=O) groups excluding carboxylic acids is 1. The summed E-state index contributed by atoms with van der Waals surface area (Å²) in [4.78, 5) is 16.3. The van der Waals surface area contributed by atoms with Crippen molar-refractivity contribution in [2.75, 3.05) is 18.5 Å². The summed E-state index contributed by atoms with van der Waals surface area (Å²) < 4.78 is 18.5. The second-order valence-electron chi connectivity index (χ2n) is 4.19. The lowest BCUT2D eigenvalue weighted by Crippen LogP contribution is -2.14. The van der Waals surface area contributed by atoms with Gasteiger partial charge in [-0.15, -0.1) is 23.7 Å². The number of thiazole rings is 1. The van der Waals surface area contributed by atoms with E-state index in [0.29, 0.717) is 36.7 Å². The number of halogens is 2. The summed E-state index contributed by atoms with van der Waals surface area (Å²) in [5.74, 6) is -0.485. The maximum absolute atomic E-state index is 13.2. The number of benzene rings is 1. The van der Waals surface area contributed by atoms with Crippen molar-refractivity contribution in [3.05, 3.63) is 40.1 Å². The van der Waals surface area contributed by atoms with Gasteiger partial charge in [0.25, 0.3) is 5.91 Å². The van der Waals surface area contributed by atoms with Crippen LogP contribution in [0.15, 0.2) is 23.6 Å². The first-order valence-electron chi connectivity index (χ1n) is 6.52. The third-order valence-corrected chi connectivity index (χ3v) is 3.54. The van der Waals surface area contributed by atoms with Gasteiger partial charge in [0.2, 0.25) is 0 Å². The van der Waals surface area contributed by atoms with Gasteiger partial charge in [-0.2, -0.15) is 0 Å². The topological polar surface area (TPSA) is 77.2 Å². The Morgan fingerprint density at radius 3 is 2.95 bits per heavy atom. The fourth-order valence-corrected chi connectivity index (χ4v) is 2.51. The number of rotatable bonds is 6. The molecular weight excluding hydrogens is 329 g/mol. The molecule has 22 heavy (non-hydrogen) atoms. The average Bonchev–Trinajstić information content (AvgIpc) is 2.91. The van der Waals surface area contributed by atoms with E-state index in [9.17, 15) is 9.18 Å². The van der Waals surface area contributed by atoms with Gasteiger partial charge < -0.3 is 15.8 Å². The number of nitrogens with zero attached hydrogens (tertiary/aromatic N) is 1. The predicted molar refractivity (Wildman–Crippen MR) is 87.6 cm³/mol. The fraction of sp³-hybridized carbons (Fsp3) is 0.286. The normalized spacial score (nSPS) is 9.95. The van der Waals surface area contributed by atoms with Crippen molar-refractivity contribution in [3.8, 4) is 5.75 Å². The Hall–Kier alpha value is -1.70. The van der Waals surface area contributed by atoms with Gasteiger partial charge in [-0.1, -0.05) is 0 Å². The Bertz CT molecular complexity index is 636. The zero-order valence-electron chi connectivity index (χ0n) is 12.0. The van der Waals surface area contributed by atoms with Gasteiger partial charge in [-0.25, -0.2) is 9.37 Å². The highest BCUT2D eigenvalue weighted by Gasteiger charge is 2.14.